The van der Waals surface area contributed by atoms with Crippen molar-refractivity contribution in [2.45, 2.75) is 58.2 Å². The number of nitrogens with one attached hydrogen (secondary N) is 3. The molecule has 0 fully saturated rings. The molecule has 158 valence electrons. The largest absolute Gasteiger partial charge is 0.445 e. The van der Waals surface area contributed by atoms with E-state index in [-0.39, 0.29) is 24.5 Å². The molecule has 0 aliphatic carbocycles. The lowest BCUT2D eigenvalue weighted by atomic mass is 10.0. The molecule has 0 spiro atoms. The minimum atomic E-state index is -0.684. The van der Waals surface area contributed by atoms with E-state index in [9.17, 15) is 14.4 Å². The topological polar surface area (TPSA) is 96.5 Å². The summed E-state index contributed by atoms with van der Waals surface area (Å²) in [7, 11) is 0. The molecule has 2 atom stereocenters. The van der Waals surface area contributed by atoms with E-state index in [1.165, 1.54) is 6.08 Å². The van der Waals surface area contributed by atoms with Gasteiger partial charge in [0.05, 0.1) is 0 Å². The highest BCUT2D eigenvalue weighted by molar-refractivity contribution is 5.88. The molecule has 0 aromatic heterocycles. The van der Waals surface area contributed by atoms with Gasteiger partial charge in [-0.2, -0.15) is 0 Å². The number of carbonyl (C=O) groups is 3. The van der Waals surface area contributed by atoms with Gasteiger partial charge < -0.3 is 20.7 Å². The number of amides is 3. The van der Waals surface area contributed by atoms with E-state index in [0.717, 1.165) is 12.0 Å². The first-order valence-corrected chi connectivity index (χ1v) is 10.2. The van der Waals surface area contributed by atoms with E-state index in [2.05, 4.69) is 16.0 Å². The Labute approximate surface area is 172 Å². The second-order valence-corrected chi connectivity index (χ2v) is 7.65. The van der Waals surface area contributed by atoms with Gasteiger partial charge >= 0.3 is 6.09 Å². The molecule has 1 aliphatic heterocycles. The smallest absolute Gasteiger partial charge is 0.408 e. The molecule has 3 N–H and O–H groups in total. The van der Waals surface area contributed by atoms with E-state index in [4.69, 9.17) is 4.74 Å². The van der Waals surface area contributed by atoms with E-state index in [0.29, 0.717) is 31.7 Å². The van der Waals surface area contributed by atoms with Crippen molar-refractivity contribution < 1.29 is 19.1 Å². The number of hydrogen-bond acceptors (Lipinski definition) is 4. The summed E-state index contributed by atoms with van der Waals surface area (Å²) in [6.45, 7) is 4.77. The minimum Gasteiger partial charge on any atom is -0.445 e. The monoisotopic (exact) mass is 401 g/mol. The Balaban J connectivity index is 1.99. The van der Waals surface area contributed by atoms with Crippen molar-refractivity contribution in [3.8, 4) is 0 Å². The molecule has 1 heterocycles. The molecule has 0 saturated carbocycles. The van der Waals surface area contributed by atoms with Gasteiger partial charge in [-0.15, -0.1) is 0 Å². The van der Waals surface area contributed by atoms with E-state index in [1.807, 2.05) is 44.2 Å². The fourth-order valence-electron chi connectivity index (χ4n) is 3.10. The van der Waals surface area contributed by atoms with Crippen LogP contribution in [0.4, 0.5) is 4.79 Å². The highest BCUT2D eigenvalue weighted by atomic mass is 16.5. The third kappa shape index (κ3) is 8.81. The predicted octanol–water partition coefficient (Wildman–Crippen LogP) is 2.67. The molecule has 0 saturated heterocycles. The van der Waals surface area contributed by atoms with Crippen LogP contribution in [0.5, 0.6) is 0 Å². The van der Waals surface area contributed by atoms with Crippen LogP contribution < -0.4 is 16.0 Å². The van der Waals surface area contributed by atoms with Gasteiger partial charge in [0.25, 0.3) is 0 Å². The molecule has 3 amide bonds. The summed E-state index contributed by atoms with van der Waals surface area (Å²) in [6, 6.07) is 8.41. The molecule has 0 radical (unpaired) electrons. The van der Waals surface area contributed by atoms with Crippen LogP contribution in [0.25, 0.3) is 0 Å². The number of alkyl carbamates (subject to hydrolysis) is 1. The first kappa shape index (κ1) is 22.5. The number of benzene rings is 1. The van der Waals surface area contributed by atoms with Crippen molar-refractivity contribution in [2.24, 2.45) is 5.92 Å². The summed E-state index contributed by atoms with van der Waals surface area (Å²) >= 11 is 0. The Morgan fingerprint density at radius 3 is 2.69 bits per heavy atom. The minimum absolute atomic E-state index is 0.145. The zero-order valence-corrected chi connectivity index (χ0v) is 17.1. The normalized spacial score (nSPS) is 21.9. The first-order valence-electron chi connectivity index (χ1n) is 10.2. The van der Waals surface area contributed by atoms with Crippen molar-refractivity contribution in [1.82, 2.24) is 16.0 Å². The van der Waals surface area contributed by atoms with Crippen LogP contribution in [0.1, 0.15) is 45.1 Å². The summed E-state index contributed by atoms with van der Waals surface area (Å²) in [5.41, 5.74) is 0.878. The summed E-state index contributed by atoms with van der Waals surface area (Å²) in [4.78, 5) is 36.8. The van der Waals surface area contributed by atoms with Gasteiger partial charge in [0.15, 0.2) is 0 Å². The van der Waals surface area contributed by atoms with Gasteiger partial charge in [0.1, 0.15) is 12.6 Å². The molecule has 0 unspecified atom stereocenters. The third-order valence-corrected chi connectivity index (χ3v) is 4.57. The van der Waals surface area contributed by atoms with Gasteiger partial charge in [-0.3, -0.25) is 9.59 Å². The highest BCUT2D eigenvalue weighted by Crippen LogP contribution is 2.09. The van der Waals surface area contributed by atoms with E-state index in [1.54, 1.807) is 6.08 Å². The highest BCUT2D eigenvalue weighted by Gasteiger charge is 2.24. The van der Waals surface area contributed by atoms with Crippen LogP contribution in [0, 0.1) is 5.92 Å². The summed E-state index contributed by atoms with van der Waals surface area (Å²) in [5, 5.41) is 8.46. The standard InChI is InChI=1S/C22H31N3O4/c1-16(2)14-18-11-12-20(26)23-13-7-6-10-19(21(27)24-18)25-22(28)29-15-17-8-4-3-5-9-17/h3-5,8-9,11-12,16,18-19H,6-7,10,13-15H2,1-2H3,(H,23,26)(H,24,27)(H,25,28)/b12-11+/t18-,19+/m1/s1. The molecule has 2 rings (SSSR count). The maximum atomic E-state index is 12.8. The van der Waals surface area contributed by atoms with Gasteiger partial charge in [-0.25, -0.2) is 4.79 Å². The average Bonchev–Trinajstić information content (AvgIpc) is 2.69. The Morgan fingerprint density at radius 1 is 1.21 bits per heavy atom. The maximum Gasteiger partial charge on any atom is 0.408 e. The molecule has 7 nitrogen and oxygen atoms in total. The van der Waals surface area contributed by atoms with Crippen LogP contribution in [-0.2, 0) is 20.9 Å². The van der Waals surface area contributed by atoms with Gasteiger partial charge in [0, 0.05) is 18.7 Å². The zero-order chi connectivity index (χ0) is 21.1. The Hall–Kier alpha value is -2.83. The van der Waals surface area contributed by atoms with Crippen LogP contribution in [0.3, 0.4) is 0 Å². The number of rotatable bonds is 5. The van der Waals surface area contributed by atoms with Crippen molar-refractivity contribution >= 4 is 17.9 Å². The molecular weight excluding hydrogens is 370 g/mol. The number of carbonyl (C=O) groups excluding carboxylic acids is 3. The van der Waals surface area contributed by atoms with Crippen LogP contribution >= 0.6 is 0 Å². The second-order valence-electron chi connectivity index (χ2n) is 7.65. The number of hydrogen-bond donors (Lipinski definition) is 3. The lowest BCUT2D eigenvalue weighted by molar-refractivity contribution is -0.124. The predicted molar refractivity (Wildman–Crippen MR) is 111 cm³/mol. The quantitative estimate of drug-likeness (QED) is 0.707. The van der Waals surface area contributed by atoms with Crippen LogP contribution in [0.2, 0.25) is 0 Å². The third-order valence-electron chi connectivity index (χ3n) is 4.57. The lowest BCUT2D eigenvalue weighted by Gasteiger charge is -2.23. The summed E-state index contributed by atoms with van der Waals surface area (Å²) in [5.74, 6) is -0.0890. The van der Waals surface area contributed by atoms with Gasteiger partial charge in [0.2, 0.25) is 11.8 Å². The SMILES string of the molecule is CC(C)C[C@H]1/C=C/C(=O)NCCCC[C@H](NC(=O)OCc2ccccc2)C(=O)N1. The second kappa shape index (κ2) is 11.9. The van der Waals surface area contributed by atoms with Gasteiger partial charge in [-0.1, -0.05) is 50.3 Å². The van der Waals surface area contributed by atoms with Crippen molar-refractivity contribution in [2.75, 3.05) is 6.54 Å². The average molecular weight is 402 g/mol. The first-order chi connectivity index (χ1) is 13.9. The van der Waals surface area contributed by atoms with Gasteiger partial charge in [-0.05, 0) is 37.2 Å². The summed E-state index contributed by atoms with van der Waals surface area (Å²) < 4.78 is 5.26. The fraction of sp³-hybridized carbons (Fsp3) is 0.500. The molecule has 1 aliphatic rings. The van der Waals surface area contributed by atoms with Crippen LogP contribution in [-0.4, -0.2) is 36.5 Å². The van der Waals surface area contributed by atoms with E-state index >= 15 is 0 Å². The fourth-order valence-corrected chi connectivity index (χ4v) is 3.10. The Kier molecular flexibility index (Phi) is 9.21. The number of ether oxygens (including phenoxy) is 1. The molecule has 0 bridgehead atoms. The summed E-state index contributed by atoms with van der Waals surface area (Å²) in [6.07, 6.45) is 5.13. The van der Waals surface area contributed by atoms with Crippen molar-refractivity contribution in [3.63, 3.8) is 0 Å². The molecule has 1 aromatic carbocycles. The maximum absolute atomic E-state index is 12.8. The lowest BCUT2D eigenvalue weighted by Crippen LogP contribution is -2.49. The zero-order valence-electron chi connectivity index (χ0n) is 17.1. The molecule has 7 heteroatoms. The van der Waals surface area contributed by atoms with E-state index < -0.39 is 12.1 Å². The molecule has 29 heavy (non-hydrogen) atoms. The molecular formula is C22H31N3O4. The Morgan fingerprint density at radius 2 is 1.97 bits per heavy atom. The molecule has 1 aromatic rings. The van der Waals surface area contributed by atoms with Crippen molar-refractivity contribution in [1.29, 1.82) is 0 Å². The van der Waals surface area contributed by atoms with Crippen molar-refractivity contribution in [3.05, 3.63) is 48.0 Å². The van der Waals surface area contributed by atoms with Crippen LogP contribution in [0.15, 0.2) is 42.5 Å². The Bertz CT molecular complexity index is 703.